The minimum atomic E-state index is -0.0503. The highest BCUT2D eigenvalue weighted by atomic mass is 16.1. The summed E-state index contributed by atoms with van der Waals surface area (Å²) in [5.74, 6) is 0.846. The largest absolute Gasteiger partial charge is 0.308 e. The van der Waals surface area contributed by atoms with Gasteiger partial charge in [-0.3, -0.25) is 4.79 Å². The van der Waals surface area contributed by atoms with Crippen LogP contribution in [0.5, 0.6) is 0 Å². The van der Waals surface area contributed by atoms with Gasteiger partial charge in [-0.05, 0) is 29.0 Å². The molecule has 0 aliphatic carbocycles. The molecule has 0 bridgehead atoms. The van der Waals surface area contributed by atoms with E-state index in [1.807, 2.05) is 10.6 Å². The number of nitriles is 1. The molecule has 1 heterocycles. The summed E-state index contributed by atoms with van der Waals surface area (Å²) in [6.45, 7) is 9.17. The molecular weight excluding hydrogens is 284 g/mol. The van der Waals surface area contributed by atoms with Crippen molar-refractivity contribution in [2.75, 3.05) is 0 Å². The number of benzene rings is 1. The van der Waals surface area contributed by atoms with Crippen molar-refractivity contribution in [2.45, 2.75) is 46.6 Å². The van der Waals surface area contributed by atoms with Gasteiger partial charge in [-0.15, -0.1) is 0 Å². The van der Waals surface area contributed by atoms with Gasteiger partial charge in [0.2, 0.25) is 0 Å². The fourth-order valence-electron chi connectivity index (χ4n) is 2.68. The fourth-order valence-corrected chi connectivity index (χ4v) is 2.68. The summed E-state index contributed by atoms with van der Waals surface area (Å²) in [6.07, 6.45) is 0.156. The number of aromatic nitrogens is 1. The summed E-state index contributed by atoms with van der Waals surface area (Å²) < 4.78 is 1.81. The summed E-state index contributed by atoms with van der Waals surface area (Å²) in [4.78, 5) is 12.7. The van der Waals surface area contributed by atoms with E-state index in [1.54, 1.807) is 6.07 Å². The van der Waals surface area contributed by atoms with Gasteiger partial charge in [-0.25, -0.2) is 0 Å². The lowest BCUT2D eigenvalue weighted by Gasteiger charge is -2.17. The van der Waals surface area contributed by atoms with E-state index in [9.17, 15) is 4.79 Å². The standard InChI is InChI=1S/C20H24N2O/c1-14(2)13-22-19(10-9-18(11-12-21)20(22)23)17-7-5-16(6-8-17)15(3)4/h5-10,14-15H,11,13H2,1-4H3. The van der Waals surface area contributed by atoms with Crippen LogP contribution >= 0.6 is 0 Å². The van der Waals surface area contributed by atoms with Crippen molar-refractivity contribution < 1.29 is 0 Å². The van der Waals surface area contributed by atoms with Gasteiger partial charge >= 0.3 is 0 Å². The first kappa shape index (κ1) is 17.0. The Morgan fingerprint density at radius 2 is 1.70 bits per heavy atom. The Labute approximate surface area is 138 Å². The van der Waals surface area contributed by atoms with Crippen LogP contribution in [-0.4, -0.2) is 4.57 Å². The van der Waals surface area contributed by atoms with Crippen LogP contribution in [0.4, 0.5) is 0 Å². The van der Waals surface area contributed by atoms with E-state index < -0.39 is 0 Å². The quantitative estimate of drug-likeness (QED) is 0.823. The second kappa shape index (κ2) is 7.28. The Balaban J connectivity index is 2.54. The van der Waals surface area contributed by atoms with E-state index in [-0.39, 0.29) is 12.0 Å². The van der Waals surface area contributed by atoms with Crippen molar-refractivity contribution in [2.24, 2.45) is 5.92 Å². The Hall–Kier alpha value is -2.34. The van der Waals surface area contributed by atoms with Crippen LogP contribution in [0.15, 0.2) is 41.2 Å². The summed E-state index contributed by atoms with van der Waals surface area (Å²) in [6, 6.07) is 14.2. The molecule has 0 fully saturated rings. The van der Waals surface area contributed by atoms with Gasteiger partial charge in [0.05, 0.1) is 18.2 Å². The predicted octanol–water partition coefficient (Wildman–Crippen LogP) is 4.36. The molecule has 2 aromatic rings. The van der Waals surface area contributed by atoms with Crippen LogP contribution in [-0.2, 0) is 13.0 Å². The van der Waals surface area contributed by atoms with Crippen molar-refractivity contribution in [1.82, 2.24) is 4.57 Å². The minimum Gasteiger partial charge on any atom is -0.308 e. The molecule has 0 aliphatic heterocycles. The molecule has 0 radical (unpaired) electrons. The molecule has 23 heavy (non-hydrogen) atoms. The molecule has 0 saturated heterocycles. The molecule has 0 N–H and O–H groups in total. The molecule has 2 rings (SSSR count). The number of hydrogen-bond acceptors (Lipinski definition) is 2. The fraction of sp³-hybridized carbons (Fsp3) is 0.400. The zero-order chi connectivity index (χ0) is 17.0. The monoisotopic (exact) mass is 308 g/mol. The number of rotatable bonds is 5. The molecule has 120 valence electrons. The average molecular weight is 308 g/mol. The Bertz CT molecular complexity index is 762. The van der Waals surface area contributed by atoms with Gasteiger partial charge in [-0.2, -0.15) is 5.26 Å². The Kier molecular flexibility index (Phi) is 5.39. The third kappa shape index (κ3) is 3.90. The molecule has 1 aromatic heterocycles. The van der Waals surface area contributed by atoms with E-state index in [1.165, 1.54) is 5.56 Å². The highest BCUT2D eigenvalue weighted by Crippen LogP contribution is 2.23. The van der Waals surface area contributed by atoms with Crippen molar-refractivity contribution in [3.05, 3.63) is 57.9 Å². The van der Waals surface area contributed by atoms with Crippen molar-refractivity contribution >= 4 is 0 Å². The molecule has 3 heteroatoms. The molecular formula is C20H24N2O. The molecule has 0 amide bonds. The molecule has 1 aromatic carbocycles. The Morgan fingerprint density at radius 3 is 2.22 bits per heavy atom. The molecule has 0 atom stereocenters. The van der Waals surface area contributed by atoms with Crippen molar-refractivity contribution in [3.8, 4) is 17.3 Å². The minimum absolute atomic E-state index is 0.0503. The van der Waals surface area contributed by atoms with E-state index in [0.717, 1.165) is 11.3 Å². The lowest BCUT2D eigenvalue weighted by Crippen LogP contribution is -2.26. The average Bonchev–Trinajstić information content (AvgIpc) is 2.51. The third-order valence-electron chi connectivity index (χ3n) is 3.94. The van der Waals surface area contributed by atoms with E-state index in [2.05, 4.69) is 58.0 Å². The predicted molar refractivity (Wildman–Crippen MR) is 94.4 cm³/mol. The maximum absolute atomic E-state index is 12.7. The first-order chi connectivity index (χ1) is 10.9. The number of pyridine rings is 1. The van der Waals surface area contributed by atoms with Gasteiger partial charge in [0, 0.05) is 12.1 Å². The zero-order valence-electron chi connectivity index (χ0n) is 14.3. The van der Waals surface area contributed by atoms with Gasteiger partial charge < -0.3 is 4.57 Å². The Morgan fingerprint density at radius 1 is 1.04 bits per heavy atom. The first-order valence-electron chi connectivity index (χ1n) is 8.14. The van der Waals surface area contributed by atoms with Gasteiger partial charge in [-0.1, -0.05) is 58.0 Å². The summed E-state index contributed by atoms with van der Waals surface area (Å²) in [7, 11) is 0. The number of nitrogens with zero attached hydrogens (tertiary/aromatic N) is 2. The second-order valence-corrected chi connectivity index (χ2v) is 6.67. The van der Waals surface area contributed by atoms with Crippen LogP contribution < -0.4 is 5.56 Å². The van der Waals surface area contributed by atoms with Crippen LogP contribution in [0.1, 0.15) is 44.7 Å². The summed E-state index contributed by atoms with van der Waals surface area (Å²) in [5, 5.41) is 8.89. The van der Waals surface area contributed by atoms with E-state index in [0.29, 0.717) is 23.9 Å². The van der Waals surface area contributed by atoms with E-state index >= 15 is 0 Å². The first-order valence-corrected chi connectivity index (χ1v) is 8.14. The summed E-state index contributed by atoms with van der Waals surface area (Å²) in [5.41, 5.74) is 3.75. The SMILES string of the molecule is CC(C)Cn1c(-c2ccc(C(C)C)cc2)ccc(CC#N)c1=O. The maximum Gasteiger partial charge on any atom is 0.255 e. The highest BCUT2D eigenvalue weighted by molar-refractivity contribution is 5.60. The smallest absolute Gasteiger partial charge is 0.255 e. The third-order valence-corrected chi connectivity index (χ3v) is 3.94. The van der Waals surface area contributed by atoms with Crippen LogP contribution in [0.25, 0.3) is 11.3 Å². The normalized spacial score (nSPS) is 11.0. The van der Waals surface area contributed by atoms with Crippen LogP contribution in [0.2, 0.25) is 0 Å². The molecule has 0 saturated carbocycles. The maximum atomic E-state index is 12.7. The van der Waals surface area contributed by atoms with Crippen LogP contribution in [0.3, 0.4) is 0 Å². The lowest BCUT2D eigenvalue weighted by atomic mass is 10.00. The highest BCUT2D eigenvalue weighted by Gasteiger charge is 2.12. The molecule has 0 spiro atoms. The molecule has 0 aliphatic rings. The van der Waals surface area contributed by atoms with Gasteiger partial charge in [0.25, 0.3) is 5.56 Å². The summed E-state index contributed by atoms with van der Waals surface area (Å²) >= 11 is 0. The van der Waals surface area contributed by atoms with Gasteiger partial charge in [0.1, 0.15) is 0 Å². The van der Waals surface area contributed by atoms with Crippen molar-refractivity contribution in [1.29, 1.82) is 5.26 Å². The second-order valence-electron chi connectivity index (χ2n) is 6.67. The lowest BCUT2D eigenvalue weighted by molar-refractivity contribution is 0.513. The van der Waals surface area contributed by atoms with Crippen LogP contribution in [0, 0.1) is 17.2 Å². The van der Waals surface area contributed by atoms with Gasteiger partial charge in [0.15, 0.2) is 0 Å². The molecule has 3 nitrogen and oxygen atoms in total. The molecule has 0 unspecified atom stereocenters. The zero-order valence-corrected chi connectivity index (χ0v) is 14.3. The van der Waals surface area contributed by atoms with Crippen molar-refractivity contribution in [3.63, 3.8) is 0 Å². The topological polar surface area (TPSA) is 45.8 Å². The number of hydrogen-bond donors (Lipinski definition) is 0. The van der Waals surface area contributed by atoms with E-state index in [4.69, 9.17) is 5.26 Å².